The van der Waals surface area contributed by atoms with Gasteiger partial charge in [0.1, 0.15) is 5.92 Å². The molecule has 5 nitrogen and oxygen atoms in total. The van der Waals surface area contributed by atoms with E-state index in [-0.39, 0.29) is 11.8 Å². The molecule has 0 unspecified atom stereocenters. The van der Waals surface area contributed by atoms with Crippen LogP contribution in [0.25, 0.3) is 0 Å². The summed E-state index contributed by atoms with van der Waals surface area (Å²) in [5.41, 5.74) is 0.639. The fourth-order valence-corrected chi connectivity index (χ4v) is 2.42. The van der Waals surface area contributed by atoms with Gasteiger partial charge in [-0.3, -0.25) is 14.4 Å². The summed E-state index contributed by atoms with van der Waals surface area (Å²) in [4.78, 5) is 30.7. The minimum absolute atomic E-state index is 0.253. The molecule has 1 aliphatic heterocycles. The molecule has 0 aliphatic carbocycles. The molecule has 0 spiro atoms. The van der Waals surface area contributed by atoms with Crippen LogP contribution in [0.2, 0.25) is 10.0 Å². The summed E-state index contributed by atoms with van der Waals surface area (Å²) in [6, 6.07) is 4.95. The molecule has 1 fully saturated rings. The molecular formula is C13H14Cl2N2O3. The second-order valence-corrected chi connectivity index (χ2v) is 5.26. The number of anilines is 1. The van der Waals surface area contributed by atoms with Crippen molar-refractivity contribution in [1.82, 2.24) is 5.06 Å². The van der Waals surface area contributed by atoms with Crippen molar-refractivity contribution in [2.45, 2.75) is 6.42 Å². The van der Waals surface area contributed by atoms with Gasteiger partial charge in [0, 0.05) is 19.3 Å². The van der Waals surface area contributed by atoms with Crippen LogP contribution >= 0.6 is 23.2 Å². The van der Waals surface area contributed by atoms with Crippen LogP contribution in [-0.4, -0.2) is 37.6 Å². The van der Waals surface area contributed by atoms with Gasteiger partial charge in [-0.15, -0.1) is 0 Å². The second kappa shape index (κ2) is 5.99. The van der Waals surface area contributed by atoms with Gasteiger partial charge in [-0.25, -0.2) is 5.06 Å². The van der Waals surface area contributed by atoms with Crippen LogP contribution in [0.15, 0.2) is 18.2 Å². The Morgan fingerprint density at radius 1 is 1.40 bits per heavy atom. The summed E-state index contributed by atoms with van der Waals surface area (Å²) in [6.45, 7) is 0.463. The molecule has 1 heterocycles. The predicted octanol–water partition coefficient (Wildman–Crippen LogP) is 2.37. The monoisotopic (exact) mass is 316 g/mol. The van der Waals surface area contributed by atoms with Crippen LogP contribution in [-0.2, 0) is 14.4 Å². The fraction of sp³-hybridized carbons (Fsp3) is 0.385. The van der Waals surface area contributed by atoms with Gasteiger partial charge in [0.15, 0.2) is 0 Å². The number of carbonyl (C=O) groups is 2. The number of hydrogen-bond donors (Lipinski definition) is 0. The van der Waals surface area contributed by atoms with E-state index in [1.54, 1.807) is 18.2 Å². The lowest BCUT2D eigenvalue weighted by molar-refractivity contribution is -0.173. The van der Waals surface area contributed by atoms with E-state index in [0.717, 1.165) is 5.06 Å². The molecule has 0 aromatic heterocycles. The van der Waals surface area contributed by atoms with E-state index in [0.29, 0.717) is 28.7 Å². The number of hydrogen-bond acceptors (Lipinski definition) is 3. The number of amides is 2. The van der Waals surface area contributed by atoms with Gasteiger partial charge >= 0.3 is 0 Å². The number of carbonyl (C=O) groups excluding carboxylic acids is 2. The molecular weight excluding hydrogens is 303 g/mol. The minimum atomic E-state index is -0.714. The molecule has 20 heavy (non-hydrogen) atoms. The van der Waals surface area contributed by atoms with Crippen molar-refractivity contribution >= 4 is 40.7 Å². The maximum Gasteiger partial charge on any atom is 0.258 e. The first-order valence-corrected chi connectivity index (χ1v) is 6.79. The highest BCUT2D eigenvalue weighted by molar-refractivity contribution is 6.42. The Labute approximate surface area is 126 Å². The molecule has 2 rings (SSSR count). The molecule has 0 radical (unpaired) electrons. The van der Waals surface area contributed by atoms with E-state index in [1.807, 2.05) is 0 Å². The first kappa shape index (κ1) is 15.1. The van der Waals surface area contributed by atoms with Gasteiger partial charge in [-0.2, -0.15) is 0 Å². The summed E-state index contributed by atoms with van der Waals surface area (Å²) in [6.07, 6.45) is 0.450. The van der Waals surface area contributed by atoms with Crippen molar-refractivity contribution in [1.29, 1.82) is 0 Å². The molecule has 2 amide bonds. The van der Waals surface area contributed by atoms with Gasteiger partial charge in [0.25, 0.3) is 5.91 Å². The normalized spacial score (nSPS) is 18.5. The van der Waals surface area contributed by atoms with Gasteiger partial charge in [-0.05, 0) is 24.6 Å². The zero-order chi connectivity index (χ0) is 14.9. The first-order valence-electron chi connectivity index (χ1n) is 6.03. The molecule has 108 valence electrons. The van der Waals surface area contributed by atoms with E-state index in [9.17, 15) is 9.59 Å². The topological polar surface area (TPSA) is 49.9 Å². The van der Waals surface area contributed by atoms with Crippen molar-refractivity contribution in [2.24, 2.45) is 5.92 Å². The van der Waals surface area contributed by atoms with Crippen LogP contribution in [0.4, 0.5) is 5.69 Å². The Hall–Kier alpha value is -1.30. The molecule has 0 bridgehead atoms. The van der Waals surface area contributed by atoms with Crippen molar-refractivity contribution in [3.05, 3.63) is 28.2 Å². The Morgan fingerprint density at radius 2 is 2.10 bits per heavy atom. The number of rotatable bonds is 3. The molecule has 0 saturated carbocycles. The number of nitrogens with zero attached hydrogens (tertiary/aromatic N) is 2. The molecule has 1 saturated heterocycles. The van der Waals surface area contributed by atoms with Gasteiger partial charge in [0.05, 0.1) is 17.2 Å². The summed E-state index contributed by atoms with van der Waals surface area (Å²) >= 11 is 11.8. The van der Waals surface area contributed by atoms with Crippen LogP contribution in [0.1, 0.15) is 6.42 Å². The lowest BCUT2D eigenvalue weighted by atomic mass is 10.1. The number of benzene rings is 1. The SMILES string of the molecule is CON(C)C(=O)[C@@H]1CCN(c2ccc(Cl)c(Cl)c2)C1=O. The molecule has 1 atom stereocenters. The van der Waals surface area contributed by atoms with E-state index in [4.69, 9.17) is 28.0 Å². The Bertz CT molecular complexity index is 550. The third kappa shape index (κ3) is 2.75. The van der Waals surface area contributed by atoms with Crippen molar-refractivity contribution < 1.29 is 14.4 Å². The summed E-state index contributed by atoms with van der Waals surface area (Å²) < 4.78 is 0. The second-order valence-electron chi connectivity index (χ2n) is 4.45. The standard InChI is InChI=1S/C13H14Cl2N2O3/c1-16(20-2)12(18)9-5-6-17(13(9)19)8-3-4-10(14)11(15)7-8/h3-4,7,9H,5-6H2,1-2H3/t9-/m0/s1. The average molecular weight is 317 g/mol. The highest BCUT2D eigenvalue weighted by atomic mass is 35.5. The van der Waals surface area contributed by atoms with Gasteiger partial charge in [0.2, 0.25) is 5.91 Å². The third-order valence-corrected chi connectivity index (χ3v) is 4.04. The summed E-state index contributed by atoms with van der Waals surface area (Å²) in [7, 11) is 2.87. The lowest BCUT2D eigenvalue weighted by Crippen LogP contribution is -2.37. The minimum Gasteiger partial charge on any atom is -0.312 e. The molecule has 1 aromatic carbocycles. The van der Waals surface area contributed by atoms with E-state index in [1.165, 1.54) is 19.1 Å². The average Bonchev–Trinajstić information content (AvgIpc) is 2.82. The molecule has 1 aliphatic rings. The van der Waals surface area contributed by atoms with E-state index in [2.05, 4.69) is 0 Å². The Balaban J connectivity index is 2.19. The van der Waals surface area contributed by atoms with Crippen LogP contribution < -0.4 is 4.90 Å². The smallest absolute Gasteiger partial charge is 0.258 e. The van der Waals surface area contributed by atoms with E-state index >= 15 is 0 Å². The first-order chi connectivity index (χ1) is 9.45. The Kier molecular flexibility index (Phi) is 4.52. The van der Waals surface area contributed by atoms with Crippen LogP contribution in [0.3, 0.4) is 0 Å². The van der Waals surface area contributed by atoms with Crippen molar-refractivity contribution in [3.8, 4) is 0 Å². The molecule has 0 N–H and O–H groups in total. The molecule has 1 aromatic rings. The van der Waals surface area contributed by atoms with Crippen LogP contribution in [0, 0.1) is 5.92 Å². The maximum atomic E-state index is 12.3. The van der Waals surface area contributed by atoms with Gasteiger partial charge < -0.3 is 4.90 Å². The van der Waals surface area contributed by atoms with Crippen molar-refractivity contribution in [3.63, 3.8) is 0 Å². The summed E-state index contributed by atoms with van der Waals surface area (Å²) in [5, 5.41) is 1.87. The zero-order valence-electron chi connectivity index (χ0n) is 11.1. The highest BCUT2D eigenvalue weighted by Crippen LogP contribution is 2.31. The predicted molar refractivity (Wildman–Crippen MR) is 76.7 cm³/mol. The fourth-order valence-electron chi connectivity index (χ4n) is 2.13. The quantitative estimate of drug-likeness (QED) is 0.635. The summed E-state index contributed by atoms with van der Waals surface area (Å²) in [5.74, 6) is -1.31. The number of halogens is 2. The highest BCUT2D eigenvalue weighted by Gasteiger charge is 2.39. The third-order valence-electron chi connectivity index (χ3n) is 3.30. The van der Waals surface area contributed by atoms with Crippen LogP contribution in [0.5, 0.6) is 0 Å². The largest absolute Gasteiger partial charge is 0.312 e. The van der Waals surface area contributed by atoms with Crippen molar-refractivity contribution in [2.75, 3.05) is 25.6 Å². The van der Waals surface area contributed by atoms with Gasteiger partial charge in [-0.1, -0.05) is 23.2 Å². The molecule has 7 heteroatoms. The zero-order valence-corrected chi connectivity index (χ0v) is 12.6. The van der Waals surface area contributed by atoms with E-state index < -0.39 is 5.92 Å². The lowest BCUT2D eigenvalue weighted by Gasteiger charge is -2.19. The maximum absolute atomic E-state index is 12.3. The number of hydroxylamine groups is 2. The Morgan fingerprint density at radius 3 is 2.70 bits per heavy atom.